The third-order valence-corrected chi connectivity index (χ3v) is 8.23. The third-order valence-electron chi connectivity index (χ3n) is 5.52. The molecule has 0 bridgehead atoms. The molecule has 0 spiro atoms. The van der Waals surface area contributed by atoms with Gasteiger partial charge in [-0.3, -0.25) is 14.4 Å². The number of carbonyl (C=O) groups excluding carboxylic acids is 1. The molecule has 2 aromatic rings. The van der Waals surface area contributed by atoms with E-state index < -0.39 is 10.0 Å². The number of likely N-dealkylation sites (tertiary alicyclic amines) is 1. The largest absolute Gasteiger partial charge is 0.325 e. The Labute approximate surface area is 182 Å². The van der Waals surface area contributed by atoms with Crippen LogP contribution in [0.3, 0.4) is 0 Å². The summed E-state index contributed by atoms with van der Waals surface area (Å²) in [5.74, 6) is 0.463. The van der Waals surface area contributed by atoms with E-state index in [1.165, 1.54) is 30.9 Å². The highest BCUT2D eigenvalue weighted by Crippen LogP contribution is 2.34. The number of thioether (sulfide) groups is 1. The fraction of sp³-hybridized carbons (Fsp3) is 0.409. The summed E-state index contributed by atoms with van der Waals surface area (Å²) in [5, 5.41) is 2.84. The molecular weight excluding hydrogens is 418 g/mol. The van der Waals surface area contributed by atoms with E-state index in [0.29, 0.717) is 17.1 Å². The topological polar surface area (TPSA) is 78.5 Å². The first-order valence-corrected chi connectivity index (χ1v) is 12.8. The van der Waals surface area contributed by atoms with E-state index in [1.54, 1.807) is 36.0 Å². The maximum absolute atomic E-state index is 12.9. The van der Waals surface area contributed by atoms with Crippen LogP contribution in [0.5, 0.6) is 0 Å². The molecule has 8 heteroatoms. The van der Waals surface area contributed by atoms with Crippen molar-refractivity contribution in [3.05, 3.63) is 48.0 Å². The van der Waals surface area contributed by atoms with Gasteiger partial charge in [0.1, 0.15) is 0 Å². The van der Waals surface area contributed by atoms with Crippen molar-refractivity contribution in [2.75, 3.05) is 28.9 Å². The van der Waals surface area contributed by atoms with Crippen LogP contribution in [0.15, 0.2) is 52.3 Å². The molecule has 0 aromatic heterocycles. The van der Waals surface area contributed by atoms with Crippen molar-refractivity contribution in [2.45, 2.75) is 42.5 Å². The average molecular weight is 446 g/mol. The lowest BCUT2D eigenvalue weighted by Crippen LogP contribution is -2.29. The van der Waals surface area contributed by atoms with Gasteiger partial charge in [-0.1, -0.05) is 25.5 Å². The van der Waals surface area contributed by atoms with Crippen molar-refractivity contribution >= 4 is 39.1 Å². The highest BCUT2D eigenvalue weighted by Gasteiger charge is 2.23. The van der Waals surface area contributed by atoms with Crippen LogP contribution in [0, 0.1) is 5.92 Å². The normalized spacial score (nSPS) is 20.2. The number of nitrogens with zero attached hydrogens (tertiary/aromatic N) is 1. The molecule has 2 aliphatic rings. The first-order valence-electron chi connectivity index (χ1n) is 10.3. The van der Waals surface area contributed by atoms with E-state index in [0.717, 1.165) is 24.5 Å². The predicted molar refractivity (Wildman–Crippen MR) is 121 cm³/mol. The first-order chi connectivity index (χ1) is 14.4. The molecule has 0 saturated carbocycles. The molecule has 30 heavy (non-hydrogen) atoms. The zero-order valence-corrected chi connectivity index (χ0v) is 18.7. The van der Waals surface area contributed by atoms with Gasteiger partial charge in [0.05, 0.1) is 10.6 Å². The summed E-state index contributed by atoms with van der Waals surface area (Å²) in [6.07, 6.45) is 3.80. The molecule has 2 heterocycles. The second kappa shape index (κ2) is 8.99. The lowest BCUT2D eigenvalue weighted by Gasteiger charge is -2.26. The maximum Gasteiger partial charge on any atom is 0.261 e. The Morgan fingerprint density at radius 3 is 2.57 bits per heavy atom. The number of carbonyl (C=O) groups is 1. The van der Waals surface area contributed by atoms with Crippen LogP contribution >= 0.6 is 11.8 Å². The SMILES string of the molecule is CC1CSc2ccc(S(=O)(=O)Nc3ccc(CN4CCCCC4)cc3)cc2NC1=O. The summed E-state index contributed by atoms with van der Waals surface area (Å²) in [6.45, 7) is 5.01. The minimum absolute atomic E-state index is 0.0898. The van der Waals surface area contributed by atoms with Gasteiger partial charge in [-0.25, -0.2) is 8.42 Å². The Bertz CT molecular complexity index is 1020. The Morgan fingerprint density at radius 2 is 1.83 bits per heavy atom. The van der Waals surface area contributed by atoms with Crippen molar-refractivity contribution in [3.63, 3.8) is 0 Å². The van der Waals surface area contributed by atoms with Gasteiger partial charge in [0, 0.05) is 28.8 Å². The fourth-order valence-corrected chi connectivity index (χ4v) is 5.81. The van der Waals surface area contributed by atoms with Crippen LogP contribution in [-0.2, 0) is 21.4 Å². The molecule has 2 N–H and O–H groups in total. The molecule has 1 atom stereocenters. The molecule has 2 aromatic carbocycles. The lowest BCUT2D eigenvalue weighted by molar-refractivity contribution is -0.118. The quantitative estimate of drug-likeness (QED) is 0.723. The molecule has 160 valence electrons. The zero-order valence-electron chi connectivity index (χ0n) is 17.1. The molecule has 1 fully saturated rings. The van der Waals surface area contributed by atoms with E-state index in [-0.39, 0.29) is 16.7 Å². The Kier molecular flexibility index (Phi) is 6.36. The van der Waals surface area contributed by atoms with Crippen molar-refractivity contribution in [1.29, 1.82) is 0 Å². The van der Waals surface area contributed by atoms with Crippen LogP contribution in [0.1, 0.15) is 31.7 Å². The number of fused-ring (bicyclic) bond motifs is 1. The summed E-state index contributed by atoms with van der Waals surface area (Å²) >= 11 is 1.56. The number of anilines is 2. The second-order valence-corrected chi connectivity index (χ2v) is 10.7. The van der Waals surface area contributed by atoms with E-state index in [1.807, 2.05) is 19.1 Å². The number of rotatable bonds is 5. The van der Waals surface area contributed by atoms with Gasteiger partial charge in [-0.15, -0.1) is 11.8 Å². The maximum atomic E-state index is 12.9. The third kappa shape index (κ3) is 4.99. The Balaban J connectivity index is 1.46. The number of hydrogen-bond donors (Lipinski definition) is 2. The van der Waals surface area contributed by atoms with Gasteiger partial charge in [0.25, 0.3) is 10.0 Å². The summed E-state index contributed by atoms with van der Waals surface area (Å²) < 4.78 is 28.4. The number of hydrogen-bond acceptors (Lipinski definition) is 5. The van der Waals surface area contributed by atoms with E-state index in [2.05, 4.69) is 14.9 Å². The fourth-order valence-electron chi connectivity index (χ4n) is 3.71. The van der Waals surface area contributed by atoms with Gasteiger partial charge in [0.2, 0.25) is 5.91 Å². The predicted octanol–water partition coefficient (Wildman–Crippen LogP) is 4.15. The Morgan fingerprint density at radius 1 is 1.10 bits per heavy atom. The number of sulfonamides is 1. The molecule has 4 rings (SSSR count). The highest BCUT2D eigenvalue weighted by molar-refractivity contribution is 7.99. The van der Waals surface area contributed by atoms with Gasteiger partial charge in [-0.2, -0.15) is 0 Å². The molecule has 2 aliphatic heterocycles. The smallest absolute Gasteiger partial charge is 0.261 e. The van der Waals surface area contributed by atoms with Crippen LogP contribution in [0.25, 0.3) is 0 Å². The molecule has 1 amide bonds. The first kappa shape index (κ1) is 21.2. The van der Waals surface area contributed by atoms with Gasteiger partial charge >= 0.3 is 0 Å². The molecule has 1 unspecified atom stereocenters. The lowest BCUT2D eigenvalue weighted by atomic mass is 10.1. The zero-order chi connectivity index (χ0) is 21.1. The molecule has 1 saturated heterocycles. The molecule has 0 radical (unpaired) electrons. The van der Waals surface area contributed by atoms with E-state index in [9.17, 15) is 13.2 Å². The minimum atomic E-state index is -3.75. The highest BCUT2D eigenvalue weighted by atomic mass is 32.2. The number of piperidine rings is 1. The molecular formula is C22H27N3O3S2. The molecule has 0 aliphatic carbocycles. The summed E-state index contributed by atoms with van der Waals surface area (Å²) in [7, 11) is -3.75. The average Bonchev–Trinajstić information content (AvgIpc) is 2.88. The Hall–Kier alpha value is -2.03. The standard InChI is InChI=1S/C22H27N3O3S2/c1-16-15-29-21-10-9-19(13-20(21)23-22(16)26)30(27,28)24-18-7-5-17(6-8-18)14-25-11-3-2-4-12-25/h5-10,13,16,24H,2-4,11-12,14-15H2,1H3,(H,23,26). The van der Waals surface area contributed by atoms with Crippen LogP contribution in [0.2, 0.25) is 0 Å². The van der Waals surface area contributed by atoms with Crippen molar-refractivity contribution in [3.8, 4) is 0 Å². The van der Waals surface area contributed by atoms with Crippen LogP contribution < -0.4 is 10.0 Å². The van der Waals surface area contributed by atoms with Crippen molar-refractivity contribution in [1.82, 2.24) is 4.90 Å². The summed E-state index contributed by atoms with van der Waals surface area (Å²) in [5.41, 5.74) is 2.26. The molecule has 6 nitrogen and oxygen atoms in total. The van der Waals surface area contributed by atoms with Crippen LogP contribution in [0.4, 0.5) is 11.4 Å². The summed E-state index contributed by atoms with van der Waals surface area (Å²) in [4.78, 5) is 15.6. The van der Waals surface area contributed by atoms with E-state index in [4.69, 9.17) is 0 Å². The van der Waals surface area contributed by atoms with Crippen LogP contribution in [-0.4, -0.2) is 38.1 Å². The van der Waals surface area contributed by atoms with Gasteiger partial charge in [-0.05, 0) is 61.8 Å². The minimum Gasteiger partial charge on any atom is -0.325 e. The number of nitrogens with one attached hydrogen (secondary N) is 2. The van der Waals surface area contributed by atoms with Crippen molar-refractivity contribution < 1.29 is 13.2 Å². The van der Waals surface area contributed by atoms with Gasteiger partial charge < -0.3 is 5.32 Å². The number of benzene rings is 2. The van der Waals surface area contributed by atoms with E-state index >= 15 is 0 Å². The second-order valence-electron chi connectivity index (χ2n) is 8.00. The summed E-state index contributed by atoms with van der Waals surface area (Å²) in [6, 6.07) is 12.4. The monoisotopic (exact) mass is 445 g/mol. The number of amides is 1. The van der Waals surface area contributed by atoms with Crippen molar-refractivity contribution in [2.24, 2.45) is 5.92 Å². The van der Waals surface area contributed by atoms with Gasteiger partial charge in [0.15, 0.2) is 0 Å².